The second-order valence-corrected chi connectivity index (χ2v) is 3.70. The van der Waals surface area contributed by atoms with Crippen LogP contribution in [0.4, 0.5) is 5.88 Å². The number of hydrogen-bond acceptors (Lipinski definition) is 5. The predicted octanol–water partition coefficient (Wildman–Crippen LogP) is 1.93. The van der Waals surface area contributed by atoms with Crippen molar-refractivity contribution < 1.29 is 23.5 Å². The Morgan fingerprint density at radius 2 is 1.83 bits per heavy atom. The van der Waals surface area contributed by atoms with Gasteiger partial charge in [-0.05, 0) is 20.8 Å². The van der Waals surface area contributed by atoms with Crippen LogP contribution in [0.25, 0.3) is 0 Å². The van der Waals surface area contributed by atoms with Gasteiger partial charge in [0, 0.05) is 6.92 Å². The summed E-state index contributed by atoms with van der Waals surface area (Å²) in [6.45, 7) is 5.96. The Balaban J connectivity index is 3.35. The van der Waals surface area contributed by atoms with Crippen molar-refractivity contribution in [3.05, 3.63) is 16.9 Å². The van der Waals surface area contributed by atoms with E-state index in [2.05, 4.69) is 5.32 Å². The SMILES string of the molecule is CCOC(=O)c1c(NC(C)=O)oc(C)c1C(C)=O. The largest absolute Gasteiger partial charge is 0.462 e. The Morgan fingerprint density at radius 1 is 1.22 bits per heavy atom. The van der Waals surface area contributed by atoms with E-state index in [0.29, 0.717) is 0 Å². The second-order valence-electron chi connectivity index (χ2n) is 3.70. The number of carbonyl (C=O) groups excluding carboxylic acids is 3. The molecule has 0 atom stereocenters. The van der Waals surface area contributed by atoms with E-state index in [1.807, 2.05) is 0 Å². The standard InChI is InChI=1S/C12H15NO5/c1-5-17-12(16)10-9(6(2)14)7(3)18-11(10)13-8(4)15/h5H2,1-4H3,(H,13,15). The third-order valence-corrected chi connectivity index (χ3v) is 2.21. The van der Waals surface area contributed by atoms with Crippen LogP contribution in [0, 0.1) is 6.92 Å². The van der Waals surface area contributed by atoms with Crippen molar-refractivity contribution in [1.82, 2.24) is 0 Å². The molecule has 0 aliphatic heterocycles. The Hall–Kier alpha value is -2.11. The molecule has 1 heterocycles. The lowest BCUT2D eigenvalue weighted by Crippen LogP contribution is -2.14. The van der Waals surface area contributed by atoms with E-state index >= 15 is 0 Å². The molecular weight excluding hydrogens is 238 g/mol. The Labute approximate surface area is 104 Å². The van der Waals surface area contributed by atoms with Gasteiger partial charge in [0.25, 0.3) is 0 Å². The monoisotopic (exact) mass is 253 g/mol. The fraction of sp³-hybridized carbons (Fsp3) is 0.417. The number of Topliss-reactive ketones (excluding diaryl/α,β-unsaturated/α-hetero) is 1. The smallest absolute Gasteiger partial charge is 0.344 e. The zero-order chi connectivity index (χ0) is 13.9. The van der Waals surface area contributed by atoms with Crippen LogP contribution < -0.4 is 5.32 Å². The van der Waals surface area contributed by atoms with E-state index in [9.17, 15) is 14.4 Å². The van der Waals surface area contributed by atoms with Crippen molar-refractivity contribution >= 4 is 23.5 Å². The topological polar surface area (TPSA) is 85.6 Å². The van der Waals surface area contributed by atoms with Gasteiger partial charge in [-0.2, -0.15) is 0 Å². The van der Waals surface area contributed by atoms with Crippen LogP contribution in [0.15, 0.2) is 4.42 Å². The van der Waals surface area contributed by atoms with Crippen molar-refractivity contribution in [2.45, 2.75) is 27.7 Å². The minimum Gasteiger partial charge on any atom is -0.462 e. The summed E-state index contributed by atoms with van der Waals surface area (Å²) in [4.78, 5) is 34.3. The number of amides is 1. The lowest BCUT2D eigenvalue weighted by Gasteiger charge is -2.04. The lowest BCUT2D eigenvalue weighted by atomic mass is 10.1. The molecule has 6 heteroatoms. The summed E-state index contributed by atoms with van der Waals surface area (Å²) in [6.07, 6.45) is 0. The first kappa shape index (κ1) is 14.0. The maximum absolute atomic E-state index is 11.8. The second kappa shape index (κ2) is 5.48. The van der Waals surface area contributed by atoms with E-state index in [0.717, 1.165) is 0 Å². The molecule has 98 valence electrons. The summed E-state index contributed by atoms with van der Waals surface area (Å²) in [6, 6.07) is 0. The highest BCUT2D eigenvalue weighted by molar-refractivity contribution is 6.10. The first-order valence-electron chi connectivity index (χ1n) is 5.47. The third kappa shape index (κ3) is 2.77. The number of ketones is 1. The molecule has 0 spiro atoms. The van der Waals surface area contributed by atoms with Gasteiger partial charge in [-0.25, -0.2) is 4.79 Å². The summed E-state index contributed by atoms with van der Waals surface area (Å²) >= 11 is 0. The zero-order valence-corrected chi connectivity index (χ0v) is 10.7. The number of furan rings is 1. The van der Waals surface area contributed by atoms with E-state index in [1.54, 1.807) is 13.8 Å². The fourth-order valence-electron chi connectivity index (χ4n) is 1.61. The van der Waals surface area contributed by atoms with Gasteiger partial charge in [-0.15, -0.1) is 0 Å². The van der Waals surface area contributed by atoms with E-state index in [-0.39, 0.29) is 35.2 Å². The molecule has 1 aromatic heterocycles. The summed E-state index contributed by atoms with van der Waals surface area (Å²) in [5.41, 5.74) is 0.106. The molecule has 6 nitrogen and oxygen atoms in total. The quantitative estimate of drug-likeness (QED) is 0.654. The van der Waals surface area contributed by atoms with Gasteiger partial charge < -0.3 is 9.15 Å². The Morgan fingerprint density at radius 3 is 2.28 bits per heavy atom. The Bertz CT molecular complexity index is 501. The highest BCUT2D eigenvalue weighted by atomic mass is 16.5. The van der Waals surface area contributed by atoms with Gasteiger partial charge in [-0.1, -0.05) is 0 Å². The van der Waals surface area contributed by atoms with Gasteiger partial charge >= 0.3 is 5.97 Å². The van der Waals surface area contributed by atoms with Crippen LogP contribution in [0.5, 0.6) is 0 Å². The number of esters is 1. The normalized spacial score (nSPS) is 10.0. The molecular formula is C12H15NO5. The molecule has 0 aliphatic carbocycles. The molecule has 0 bridgehead atoms. The first-order chi connectivity index (χ1) is 8.38. The predicted molar refractivity (Wildman–Crippen MR) is 63.7 cm³/mol. The van der Waals surface area contributed by atoms with Crippen LogP contribution in [0.2, 0.25) is 0 Å². The van der Waals surface area contributed by atoms with Crippen molar-refractivity contribution in [3.8, 4) is 0 Å². The van der Waals surface area contributed by atoms with Crippen LogP contribution in [-0.2, 0) is 9.53 Å². The summed E-state index contributed by atoms with van der Waals surface area (Å²) in [5.74, 6) is -1.19. The van der Waals surface area contributed by atoms with Crippen LogP contribution in [-0.4, -0.2) is 24.3 Å². The van der Waals surface area contributed by atoms with Crippen molar-refractivity contribution in [3.63, 3.8) is 0 Å². The molecule has 1 aromatic rings. The molecule has 18 heavy (non-hydrogen) atoms. The van der Waals surface area contributed by atoms with Crippen molar-refractivity contribution in [1.29, 1.82) is 0 Å². The van der Waals surface area contributed by atoms with Crippen LogP contribution in [0.1, 0.15) is 47.2 Å². The van der Waals surface area contributed by atoms with Gasteiger partial charge in [0.15, 0.2) is 5.78 Å². The van der Waals surface area contributed by atoms with Gasteiger partial charge in [-0.3, -0.25) is 14.9 Å². The fourth-order valence-corrected chi connectivity index (χ4v) is 1.61. The minimum atomic E-state index is -0.691. The molecule has 1 N–H and O–H groups in total. The summed E-state index contributed by atoms with van der Waals surface area (Å²) in [7, 11) is 0. The number of rotatable bonds is 4. The number of hydrogen-bond donors (Lipinski definition) is 1. The summed E-state index contributed by atoms with van der Waals surface area (Å²) < 4.78 is 10.1. The average molecular weight is 253 g/mol. The molecule has 0 fully saturated rings. The number of aryl methyl sites for hydroxylation is 1. The molecule has 0 unspecified atom stereocenters. The van der Waals surface area contributed by atoms with Crippen molar-refractivity contribution in [2.75, 3.05) is 11.9 Å². The number of anilines is 1. The molecule has 0 radical (unpaired) electrons. The van der Waals surface area contributed by atoms with E-state index in [1.165, 1.54) is 13.8 Å². The number of nitrogens with one attached hydrogen (secondary N) is 1. The first-order valence-corrected chi connectivity index (χ1v) is 5.47. The van der Waals surface area contributed by atoms with Gasteiger partial charge in [0.2, 0.25) is 11.8 Å². The van der Waals surface area contributed by atoms with Crippen LogP contribution in [0.3, 0.4) is 0 Å². The highest BCUT2D eigenvalue weighted by Crippen LogP contribution is 2.28. The van der Waals surface area contributed by atoms with Crippen LogP contribution >= 0.6 is 0 Å². The molecule has 1 amide bonds. The third-order valence-electron chi connectivity index (χ3n) is 2.21. The minimum absolute atomic E-state index is 0.0305. The average Bonchev–Trinajstić information content (AvgIpc) is 2.54. The maximum atomic E-state index is 11.8. The molecule has 0 saturated carbocycles. The summed E-state index contributed by atoms with van der Waals surface area (Å²) in [5, 5.41) is 2.37. The molecule has 0 saturated heterocycles. The molecule has 1 rings (SSSR count). The molecule has 0 aliphatic rings. The van der Waals surface area contributed by atoms with Gasteiger partial charge in [0.1, 0.15) is 11.3 Å². The van der Waals surface area contributed by atoms with E-state index < -0.39 is 11.9 Å². The maximum Gasteiger partial charge on any atom is 0.344 e. The lowest BCUT2D eigenvalue weighted by molar-refractivity contribution is -0.114. The Kier molecular flexibility index (Phi) is 4.25. The zero-order valence-electron chi connectivity index (χ0n) is 10.7. The van der Waals surface area contributed by atoms with E-state index in [4.69, 9.17) is 9.15 Å². The molecule has 0 aromatic carbocycles. The number of carbonyl (C=O) groups is 3. The van der Waals surface area contributed by atoms with Crippen molar-refractivity contribution in [2.24, 2.45) is 0 Å². The highest BCUT2D eigenvalue weighted by Gasteiger charge is 2.28. The number of ether oxygens (including phenoxy) is 1. The van der Waals surface area contributed by atoms with Gasteiger partial charge in [0.05, 0.1) is 12.2 Å².